The summed E-state index contributed by atoms with van der Waals surface area (Å²) in [4.78, 5) is 71.4. The molecule has 0 spiro atoms. The number of amides is 4. The Morgan fingerprint density at radius 2 is 1.68 bits per heavy atom. The van der Waals surface area contributed by atoms with Crippen molar-refractivity contribution in [2.45, 2.75) is 50.3 Å². The van der Waals surface area contributed by atoms with Crippen molar-refractivity contribution in [1.82, 2.24) is 15.5 Å². The Balaban J connectivity index is 1.52. The number of esters is 1. The van der Waals surface area contributed by atoms with Crippen LogP contribution in [0.5, 0.6) is 11.5 Å². The van der Waals surface area contributed by atoms with Crippen LogP contribution in [0.3, 0.4) is 0 Å². The fourth-order valence-electron chi connectivity index (χ4n) is 4.37. The first-order valence-electron chi connectivity index (χ1n) is 14.6. The molecule has 50 heavy (non-hydrogen) atoms. The van der Waals surface area contributed by atoms with E-state index in [0.29, 0.717) is 10.5 Å². The lowest BCUT2D eigenvalue weighted by Gasteiger charge is -2.38. The van der Waals surface area contributed by atoms with Gasteiger partial charge in [0.05, 0.1) is 13.2 Å². The van der Waals surface area contributed by atoms with Gasteiger partial charge in [-0.15, -0.1) is 0 Å². The van der Waals surface area contributed by atoms with Crippen molar-refractivity contribution in [2.24, 2.45) is 0 Å². The van der Waals surface area contributed by atoms with Crippen LogP contribution in [0.15, 0.2) is 30.4 Å². The minimum absolute atomic E-state index is 0.0335. The summed E-state index contributed by atoms with van der Waals surface area (Å²) in [6.45, 7) is -0.427. The molecule has 0 aliphatic carbocycles. The lowest BCUT2D eigenvalue weighted by atomic mass is 9.99. The normalized spacial score (nSPS) is 22.5. The largest absolute Gasteiger partial charge is 0.491 e. The first kappa shape index (κ1) is 39.7. The molecule has 21 nitrogen and oxygen atoms in total. The molecule has 1 unspecified atom stereocenters. The Hall–Kier alpha value is -4.71. The first-order valence-corrected chi connectivity index (χ1v) is 16.2. The highest BCUT2D eigenvalue weighted by Gasteiger charge is 2.48. The van der Waals surface area contributed by atoms with E-state index in [-0.39, 0.29) is 44.5 Å². The molecular weight excluding hydrogens is 698 g/mol. The number of carbonyl (C=O) groups is 6. The van der Waals surface area contributed by atoms with Gasteiger partial charge in [-0.3, -0.25) is 33.4 Å². The molecule has 0 saturated carbocycles. The number of rotatable bonds is 18. The van der Waals surface area contributed by atoms with Crippen molar-refractivity contribution in [3.05, 3.63) is 35.9 Å². The molecule has 2 aliphatic heterocycles. The molecule has 3 rings (SSSR count). The molecule has 4 amide bonds. The summed E-state index contributed by atoms with van der Waals surface area (Å²) in [7, 11) is -4.75. The van der Waals surface area contributed by atoms with Gasteiger partial charge in [-0.25, -0.2) is 4.79 Å². The number of ether oxygens (including phenoxy) is 5. The Kier molecular flexibility index (Phi) is 14.1. The molecular formula is C28H35N3O18S. The first-order chi connectivity index (χ1) is 23.5. The van der Waals surface area contributed by atoms with Crippen LogP contribution < -0.4 is 20.1 Å². The molecule has 2 aliphatic rings. The number of hydrogen-bond acceptors (Lipinski definition) is 16. The Labute approximate surface area is 283 Å². The van der Waals surface area contributed by atoms with Crippen molar-refractivity contribution in [3.8, 4) is 11.5 Å². The fourth-order valence-corrected chi connectivity index (χ4v) is 5.03. The minimum Gasteiger partial charge on any atom is -0.491 e. The molecule has 1 aromatic carbocycles. The van der Waals surface area contributed by atoms with Crippen LogP contribution in [0, 0.1) is 0 Å². The number of imide groups is 1. The molecule has 0 radical (unpaired) electrons. The standard InChI is InChI=1S/C28H35N3O18S/c1-14(32)47-12-15-2-3-16(48-28-24(38)22(36)23(37)25(49-28)27(40)41)10-18(15)46-9-8-45-7-6-29-26(39)17(13-50(42,43)44)30-19(33)11-31-20(34)4-5-21(31)35/h2-5,10,17,22-25,28,36-38H,6-9,11-13H2,1H3,(H,29,39)(H,30,33)(H,40,41)(H,42,43,44)/t17?,22-,23-,24+,25-,28+/m0/s1. The number of carbonyl (C=O) groups excluding carboxylic acids is 5. The smallest absolute Gasteiger partial charge is 0.335 e. The third-order valence-electron chi connectivity index (χ3n) is 6.80. The average Bonchev–Trinajstić information content (AvgIpc) is 3.34. The van der Waals surface area contributed by atoms with Gasteiger partial charge in [0.15, 0.2) is 6.10 Å². The van der Waals surface area contributed by atoms with Gasteiger partial charge >= 0.3 is 11.9 Å². The van der Waals surface area contributed by atoms with E-state index in [4.69, 9.17) is 23.7 Å². The highest BCUT2D eigenvalue weighted by molar-refractivity contribution is 7.85. The van der Waals surface area contributed by atoms with Gasteiger partial charge in [-0.1, -0.05) is 0 Å². The molecule has 2 heterocycles. The van der Waals surface area contributed by atoms with Gasteiger partial charge in [0.1, 0.15) is 61.4 Å². The maximum Gasteiger partial charge on any atom is 0.335 e. The number of benzene rings is 1. The summed E-state index contributed by atoms with van der Waals surface area (Å²) in [5, 5.41) is 43.7. The van der Waals surface area contributed by atoms with Crippen molar-refractivity contribution >= 4 is 45.7 Å². The van der Waals surface area contributed by atoms with E-state index < -0.39 is 94.7 Å². The van der Waals surface area contributed by atoms with E-state index in [9.17, 15) is 62.2 Å². The Morgan fingerprint density at radius 1 is 1.00 bits per heavy atom. The van der Waals surface area contributed by atoms with Gasteiger partial charge in [0.2, 0.25) is 18.1 Å². The zero-order valence-corrected chi connectivity index (χ0v) is 27.0. The van der Waals surface area contributed by atoms with Crippen molar-refractivity contribution < 1.29 is 85.8 Å². The van der Waals surface area contributed by atoms with Crippen LogP contribution in [0.1, 0.15) is 12.5 Å². The molecule has 22 heteroatoms. The minimum atomic E-state index is -4.75. The zero-order valence-electron chi connectivity index (χ0n) is 26.2. The quantitative estimate of drug-likeness (QED) is 0.0326. The van der Waals surface area contributed by atoms with E-state index in [1.807, 2.05) is 5.32 Å². The molecule has 6 atom stereocenters. The molecule has 0 bridgehead atoms. The van der Waals surface area contributed by atoms with E-state index >= 15 is 0 Å². The van der Waals surface area contributed by atoms with E-state index in [1.165, 1.54) is 25.1 Å². The third-order valence-corrected chi connectivity index (χ3v) is 7.55. The summed E-state index contributed by atoms with van der Waals surface area (Å²) in [5.74, 6) is -6.97. The number of aliphatic carboxylic acids is 1. The van der Waals surface area contributed by atoms with Crippen LogP contribution in [0.2, 0.25) is 0 Å². The van der Waals surface area contributed by atoms with Crippen LogP contribution >= 0.6 is 0 Å². The number of aliphatic hydroxyl groups is 3. The van der Waals surface area contributed by atoms with Gasteiger partial charge in [-0.2, -0.15) is 8.42 Å². The predicted molar refractivity (Wildman–Crippen MR) is 160 cm³/mol. The lowest BCUT2D eigenvalue weighted by Crippen LogP contribution is -2.61. The number of hydrogen-bond donors (Lipinski definition) is 7. The summed E-state index contributed by atoms with van der Waals surface area (Å²) >= 11 is 0. The number of nitrogens with one attached hydrogen (secondary N) is 2. The van der Waals surface area contributed by atoms with Crippen LogP contribution in [-0.2, 0) is 59.7 Å². The summed E-state index contributed by atoms with van der Waals surface area (Å²) in [6.07, 6.45) is -7.42. The van der Waals surface area contributed by atoms with Gasteiger partial charge in [0, 0.05) is 37.3 Å². The molecule has 1 saturated heterocycles. The van der Waals surface area contributed by atoms with Crippen LogP contribution in [0.4, 0.5) is 0 Å². The topological polar surface area (TPSA) is 311 Å². The highest BCUT2D eigenvalue weighted by atomic mass is 32.2. The molecule has 0 aromatic heterocycles. The Bertz CT molecular complexity index is 1560. The summed E-state index contributed by atoms with van der Waals surface area (Å²) in [6, 6.07) is 2.29. The molecule has 1 fully saturated rings. The Morgan fingerprint density at radius 3 is 2.30 bits per heavy atom. The van der Waals surface area contributed by atoms with E-state index in [1.54, 1.807) is 0 Å². The van der Waals surface area contributed by atoms with Crippen LogP contribution in [0.25, 0.3) is 0 Å². The monoisotopic (exact) mass is 733 g/mol. The predicted octanol–water partition coefficient (Wildman–Crippen LogP) is -4.17. The second-order valence-electron chi connectivity index (χ2n) is 10.6. The van der Waals surface area contributed by atoms with Crippen molar-refractivity contribution in [3.63, 3.8) is 0 Å². The maximum atomic E-state index is 12.6. The van der Waals surface area contributed by atoms with E-state index in [2.05, 4.69) is 5.32 Å². The fraction of sp³-hybridized carbons (Fsp3) is 0.500. The zero-order chi connectivity index (χ0) is 37.2. The maximum absolute atomic E-state index is 12.6. The SMILES string of the molecule is CC(=O)OCc1ccc(O[C@@H]2O[C@H](C(=O)O)[C@@H](O)[C@H](O)[C@H]2O)cc1OCCOCCNC(=O)C(CS(=O)(=O)O)NC(=O)CN1C(=O)C=CC1=O. The van der Waals surface area contributed by atoms with Gasteiger partial charge < -0.3 is 54.7 Å². The van der Waals surface area contributed by atoms with Crippen molar-refractivity contribution in [1.29, 1.82) is 0 Å². The van der Waals surface area contributed by atoms with Crippen molar-refractivity contribution in [2.75, 3.05) is 38.7 Å². The highest BCUT2D eigenvalue weighted by Crippen LogP contribution is 2.29. The number of carboxylic acids is 1. The average molecular weight is 734 g/mol. The molecule has 1 aromatic rings. The van der Waals surface area contributed by atoms with E-state index in [0.717, 1.165) is 12.2 Å². The van der Waals surface area contributed by atoms with Crippen LogP contribution in [-0.4, -0.2) is 149 Å². The van der Waals surface area contributed by atoms with Gasteiger partial charge in [-0.05, 0) is 12.1 Å². The summed E-state index contributed by atoms with van der Waals surface area (Å²) < 4.78 is 58.7. The second kappa shape index (κ2) is 17.8. The third kappa shape index (κ3) is 11.7. The lowest BCUT2D eigenvalue weighted by molar-refractivity contribution is -0.271. The number of nitrogens with zero attached hydrogens (tertiary/aromatic N) is 1. The van der Waals surface area contributed by atoms with Gasteiger partial charge in [0.25, 0.3) is 21.9 Å². The number of carboxylic acid groups (broad SMARTS) is 1. The number of aliphatic hydroxyl groups excluding tert-OH is 3. The molecule has 276 valence electrons. The summed E-state index contributed by atoms with van der Waals surface area (Å²) in [5.41, 5.74) is 0.352. The molecule has 7 N–H and O–H groups in total. The second-order valence-corrected chi connectivity index (χ2v) is 12.1.